The summed E-state index contributed by atoms with van der Waals surface area (Å²) < 4.78 is 11.5. The van der Waals surface area contributed by atoms with Crippen LogP contribution in [0.5, 0.6) is 11.5 Å². The molecule has 4 nitrogen and oxygen atoms in total. The molecule has 10 aromatic carbocycles. The van der Waals surface area contributed by atoms with Gasteiger partial charge in [-0.2, -0.15) is 0 Å². The molecule has 0 aliphatic heterocycles. The number of aryl methyl sites for hydroxylation is 6. The summed E-state index contributed by atoms with van der Waals surface area (Å²) in [4.78, 5) is 4.93. The monoisotopic (exact) mass is 945 g/mol. The van der Waals surface area contributed by atoms with Crippen LogP contribution in [-0.4, -0.2) is 14.2 Å². The summed E-state index contributed by atoms with van der Waals surface area (Å²) in [6.07, 6.45) is 8.24. The van der Waals surface area contributed by atoms with Gasteiger partial charge in [-0.1, -0.05) is 139 Å². The first-order chi connectivity index (χ1) is 35.3. The Hall–Kier alpha value is -7.56. The summed E-state index contributed by atoms with van der Waals surface area (Å²) in [5.41, 5.74) is 19.8. The van der Waals surface area contributed by atoms with Crippen LogP contribution in [0.15, 0.2) is 170 Å². The van der Waals surface area contributed by atoms with E-state index in [1.165, 1.54) is 88.0 Å². The summed E-state index contributed by atoms with van der Waals surface area (Å²) in [5.74, 6) is 1.66. The van der Waals surface area contributed by atoms with Crippen molar-refractivity contribution in [3.05, 3.63) is 203 Å². The number of methoxy groups -OCH3 is 2. The van der Waals surface area contributed by atoms with Gasteiger partial charge in [0.05, 0.1) is 25.6 Å². The number of nitrogens with zero attached hydrogens (tertiary/aromatic N) is 2. The lowest BCUT2D eigenvalue weighted by Crippen LogP contribution is -2.12. The summed E-state index contributed by atoms with van der Waals surface area (Å²) in [6.45, 7) is 13.6. The molecule has 0 saturated heterocycles. The van der Waals surface area contributed by atoms with Crippen molar-refractivity contribution in [1.82, 2.24) is 0 Å². The topological polar surface area (TPSA) is 24.9 Å². The van der Waals surface area contributed by atoms with Crippen LogP contribution in [0.1, 0.15) is 87.8 Å². The Balaban J connectivity index is 1.37. The Labute approximate surface area is 427 Å². The van der Waals surface area contributed by atoms with E-state index in [4.69, 9.17) is 9.47 Å². The minimum Gasteiger partial charge on any atom is -0.497 e. The molecule has 0 radical (unpaired) electrons. The fourth-order valence-electron chi connectivity index (χ4n) is 11.3. The van der Waals surface area contributed by atoms with Crippen molar-refractivity contribution in [3.8, 4) is 33.8 Å². The number of hydrogen-bond acceptors (Lipinski definition) is 4. The van der Waals surface area contributed by atoms with E-state index in [0.717, 1.165) is 97.0 Å². The first kappa shape index (κ1) is 48.1. The second-order valence-electron chi connectivity index (χ2n) is 19.2. The highest BCUT2D eigenvalue weighted by Gasteiger charge is 2.26. The van der Waals surface area contributed by atoms with Crippen molar-refractivity contribution in [2.45, 2.75) is 92.9 Å². The Morgan fingerprint density at radius 2 is 0.667 bits per heavy atom. The zero-order valence-corrected chi connectivity index (χ0v) is 43.5. The molecule has 0 heterocycles. The number of anilines is 6. The molecule has 4 heteroatoms. The predicted octanol–water partition coefficient (Wildman–Crippen LogP) is 19.0. The van der Waals surface area contributed by atoms with Crippen molar-refractivity contribution < 1.29 is 9.47 Å². The highest BCUT2D eigenvalue weighted by atomic mass is 16.5. The third kappa shape index (κ3) is 8.93. The molecule has 0 N–H and O–H groups in total. The molecule has 10 aromatic rings. The molecule has 0 fully saturated rings. The highest BCUT2D eigenvalue weighted by Crippen LogP contribution is 2.52. The molecule has 362 valence electrons. The lowest BCUT2D eigenvalue weighted by molar-refractivity contribution is 0.414. The largest absolute Gasteiger partial charge is 0.497 e. The van der Waals surface area contributed by atoms with Gasteiger partial charge in [0.2, 0.25) is 0 Å². The molecule has 0 spiro atoms. The molecule has 0 unspecified atom stereocenters. The molecule has 72 heavy (non-hydrogen) atoms. The van der Waals surface area contributed by atoms with Crippen molar-refractivity contribution in [2.24, 2.45) is 0 Å². The molecule has 0 aromatic heterocycles. The van der Waals surface area contributed by atoms with Crippen LogP contribution < -0.4 is 19.3 Å². The van der Waals surface area contributed by atoms with E-state index in [1.54, 1.807) is 14.2 Å². The maximum Gasteiger partial charge on any atom is 0.119 e. The number of rotatable bonds is 18. The normalized spacial score (nSPS) is 11.5. The number of benzene rings is 10. The first-order valence-corrected chi connectivity index (χ1v) is 26.4. The Kier molecular flexibility index (Phi) is 14.0. The van der Waals surface area contributed by atoms with Crippen molar-refractivity contribution in [2.75, 3.05) is 24.0 Å². The number of ether oxygens (including phenoxy) is 2. The Bertz CT molecular complexity index is 3250. The van der Waals surface area contributed by atoms with E-state index >= 15 is 0 Å². The van der Waals surface area contributed by atoms with Crippen LogP contribution in [0.2, 0.25) is 0 Å². The van der Waals surface area contributed by atoms with E-state index in [2.05, 4.69) is 221 Å². The summed E-state index contributed by atoms with van der Waals surface area (Å²) in [7, 11) is 3.48. The first-order valence-electron chi connectivity index (χ1n) is 26.4. The van der Waals surface area contributed by atoms with Crippen molar-refractivity contribution >= 4 is 66.4 Å². The summed E-state index contributed by atoms with van der Waals surface area (Å²) in [6, 6.07) is 64.4. The van der Waals surface area contributed by atoms with Crippen LogP contribution >= 0.6 is 0 Å². The average molecular weight is 945 g/mol. The van der Waals surface area contributed by atoms with Crippen LogP contribution in [0.3, 0.4) is 0 Å². The van der Waals surface area contributed by atoms with Gasteiger partial charge < -0.3 is 19.3 Å². The molecular weight excluding hydrogens is 877 g/mol. The Morgan fingerprint density at radius 1 is 0.333 bits per heavy atom. The molecule has 10 rings (SSSR count). The molecule has 0 saturated carbocycles. The highest BCUT2D eigenvalue weighted by molar-refractivity contribution is 6.32. The summed E-state index contributed by atoms with van der Waals surface area (Å²) in [5, 5.41) is 7.38. The van der Waals surface area contributed by atoms with Gasteiger partial charge in [-0.05, 0) is 190 Å². The van der Waals surface area contributed by atoms with E-state index in [0.29, 0.717) is 0 Å². The predicted molar refractivity (Wildman–Crippen MR) is 309 cm³/mol. The second kappa shape index (κ2) is 21.0. The van der Waals surface area contributed by atoms with E-state index in [-0.39, 0.29) is 0 Å². The maximum absolute atomic E-state index is 5.74. The van der Waals surface area contributed by atoms with Gasteiger partial charge in [-0.15, -0.1) is 0 Å². The van der Waals surface area contributed by atoms with Crippen molar-refractivity contribution in [1.29, 1.82) is 0 Å². The van der Waals surface area contributed by atoms with Crippen LogP contribution in [0, 0.1) is 0 Å². The van der Waals surface area contributed by atoms with Crippen molar-refractivity contribution in [3.63, 3.8) is 0 Å². The molecule has 0 aliphatic rings. The maximum atomic E-state index is 5.74. The standard InChI is InChI=1S/C68H68N2O2/c1-9-15-45-17-25-53(26-18-45)69(55-29-33-57(71-7)34-30-55)65-43-63(51-23-21-47(11-3)49(13-5)41-51)59-38-40-62-66(70(56-31-35-58(72-8)36-32-56)54-27-19-46(16-10-2)20-28-54)44-64(60-37-39-61(65)67(59)68(60)62)52-24-22-48(12-4)50(14-6)42-52/h17-44H,9-16H2,1-8H3. The molecule has 0 aliphatic carbocycles. The zero-order chi connectivity index (χ0) is 49.9. The SMILES string of the molecule is CCCc1ccc(N(c2ccc(OC)cc2)c2cc(-c3ccc(CC)c(CC)c3)c3ccc4c(N(c5ccc(CCC)cc5)c5ccc(OC)cc5)cc(-c5ccc(CC)c(CC)c5)c5ccc2c3c54)cc1. The fourth-order valence-corrected chi connectivity index (χ4v) is 11.3. The molecule has 0 amide bonds. The number of hydrogen-bond donors (Lipinski definition) is 0. The van der Waals surface area contributed by atoms with Gasteiger partial charge in [-0.3, -0.25) is 0 Å². The molecule has 0 bridgehead atoms. The average Bonchev–Trinajstić information content (AvgIpc) is 3.43. The van der Waals surface area contributed by atoms with Crippen LogP contribution in [0.25, 0.3) is 54.6 Å². The Morgan fingerprint density at radius 3 is 0.986 bits per heavy atom. The summed E-state index contributed by atoms with van der Waals surface area (Å²) >= 11 is 0. The third-order valence-corrected chi connectivity index (χ3v) is 15.0. The van der Waals surface area contributed by atoms with E-state index < -0.39 is 0 Å². The molecular formula is C68H68N2O2. The smallest absolute Gasteiger partial charge is 0.119 e. The minimum atomic E-state index is 0.829. The fraction of sp³-hybridized carbons (Fsp3) is 0.235. The van der Waals surface area contributed by atoms with Gasteiger partial charge in [0.25, 0.3) is 0 Å². The molecule has 0 atom stereocenters. The van der Waals surface area contributed by atoms with E-state index in [9.17, 15) is 0 Å². The lowest BCUT2D eigenvalue weighted by Gasteiger charge is -2.31. The van der Waals surface area contributed by atoms with Gasteiger partial charge in [0.1, 0.15) is 11.5 Å². The van der Waals surface area contributed by atoms with E-state index in [1.807, 2.05) is 0 Å². The quantitative estimate of drug-likeness (QED) is 0.0800. The van der Waals surface area contributed by atoms with Gasteiger partial charge in [-0.25, -0.2) is 0 Å². The minimum absolute atomic E-state index is 0.829. The van der Waals surface area contributed by atoms with Crippen LogP contribution in [-0.2, 0) is 38.5 Å². The van der Waals surface area contributed by atoms with Gasteiger partial charge in [0, 0.05) is 44.3 Å². The van der Waals surface area contributed by atoms with Gasteiger partial charge in [0.15, 0.2) is 0 Å². The van der Waals surface area contributed by atoms with Crippen LogP contribution in [0.4, 0.5) is 34.1 Å². The zero-order valence-electron chi connectivity index (χ0n) is 43.5. The van der Waals surface area contributed by atoms with Gasteiger partial charge >= 0.3 is 0 Å². The lowest BCUT2D eigenvalue weighted by atomic mass is 9.84. The third-order valence-electron chi connectivity index (χ3n) is 15.0. The second-order valence-corrected chi connectivity index (χ2v) is 19.2.